The topological polar surface area (TPSA) is 72.1 Å². The van der Waals surface area contributed by atoms with Crippen molar-refractivity contribution < 1.29 is 9.21 Å². The van der Waals surface area contributed by atoms with E-state index in [9.17, 15) is 4.79 Å². The third-order valence-electron chi connectivity index (χ3n) is 4.46. The van der Waals surface area contributed by atoms with Gasteiger partial charge < -0.3 is 9.32 Å². The first-order chi connectivity index (χ1) is 11.6. The Balaban J connectivity index is 1.63. The highest BCUT2D eigenvalue weighted by Gasteiger charge is 2.30. The Hall–Kier alpha value is -2.28. The number of aryl methyl sites for hydroxylation is 2. The minimum Gasteiger partial charge on any atom is -0.422 e. The Morgan fingerprint density at radius 3 is 3.04 bits per heavy atom. The van der Waals surface area contributed by atoms with Crippen LogP contribution < -0.4 is 4.90 Å². The predicted octanol–water partition coefficient (Wildman–Crippen LogP) is 3.40. The van der Waals surface area contributed by atoms with Crippen LogP contribution in [0.3, 0.4) is 0 Å². The van der Waals surface area contributed by atoms with Gasteiger partial charge in [0.25, 0.3) is 5.71 Å². The van der Waals surface area contributed by atoms with Gasteiger partial charge in [0.1, 0.15) is 6.33 Å². The fourth-order valence-corrected chi connectivity index (χ4v) is 4.22. The summed E-state index contributed by atoms with van der Waals surface area (Å²) in [4.78, 5) is 28.8. The van der Waals surface area contributed by atoms with Crippen LogP contribution in [-0.4, -0.2) is 33.8 Å². The van der Waals surface area contributed by atoms with Gasteiger partial charge in [0.2, 0.25) is 0 Å². The lowest BCUT2D eigenvalue weighted by molar-refractivity contribution is 0.0911. The van der Waals surface area contributed by atoms with E-state index in [1.165, 1.54) is 17.7 Å². The van der Waals surface area contributed by atoms with Gasteiger partial charge in [-0.1, -0.05) is 0 Å². The molecule has 6 nitrogen and oxygen atoms in total. The molecule has 1 fully saturated rings. The highest BCUT2D eigenvalue weighted by atomic mass is 32.1. The molecule has 0 N–H and O–H groups in total. The Bertz CT molecular complexity index is 901. The van der Waals surface area contributed by atoms with Crippen LogP contribution in [0.4, 0.5) is 5.82 Å². The molecule has 0 amide bonds. The molecule has 0 aromatic carbocycles. The van der Waals surface area contributed by atoms with Gasteiger partial charge in [-0.05, 0) is 36.8 Å². The second-order valence-corrected chi connectivity index (χ2v) is 7.08. The number of hydrogen-bond donors (Lipinski definition) is 0. The van der Waals surface area contributed by atoms with Crippen LogP contribution in [0.15, 0.2) is 22.2 Å². The van der Waals surface area contributed by atoms with E-state index in [0.717, 1.165) is 35.6 Å². The van der Waals surface area contributed by atoms with E-state index in [0.29, 0.717) is 23.7 Å². The van der Waals surface area contributed by atoms with Crippen molar-refractivity contribution in [3.05, 3.63) is 34.1 Å². The zero-order valence-corrected chi connectivity index (χ0v) is 14.5. The highest BCUT2D eigenvalue weighted by molar-refractivity contribution is 7.12. The zero-order chi connectivity index (χ0) is 16.7. The average Bonchev–Trinajstić information content (AvgIpc) is 3.18. The number of carbonyl (C=O) groups is 1. The predicted molar refractivity (Wildman–Crippen MR) is 92.7 cm³/mol. The molecule has 24 heavy (non-hydrogen) atoms. The van der Waals surface area contributed by atoms with Crippen LogP contribution >= 0.6 is 11.3 Å². The van der Waals surface area contributed by atoms with E-state index in [-0.39, 0.29) is 11.7 Å². The summed E-state index contributed by atoms with van der Waals surface area (Å²) in [5.41, 5.74) is 2.24. The second kappa shape index (κ2) is 5.98. The standard InChI is InChI=1S/C17H18N4O2S/c1-10-5-7-24-15(10)14(22)12-4-3-6-21(8-12)16-13-17(19-9-18-16)23-11(2)20-13/h5,7,9,12H,3-4,6,8H2,1-2H3. The summed E-state index contributed by atoms with van der Waals surface area (Å²) in [7, 11) is 0. The van der Waals surface area contributed by atoms with Crippen molar-refractivity contribution in [2.45, 2.75) is 26.7 Å². The summed E-state index contributed by atoms with van der Waals surface area (Å²) in [6, 6.07) is 2.00. The molecule has 3 aromatic rings. The lowest BCUT2D eigenvalue weighted by Crippen LogP contribution is -2.39. The zero-order valence-electron chi connectivity index (χ0n) is 13.7. The van der Waals surface area contributed by atoms with Gasteiger partial charge in [0.05, 0.1) is 4.88 Å². The molecule has 1 atom stereocenters. The fraction of sp³-hybridized carbons (Fsp3) is 0.412. The number of oxazole rings is 1. The quantitative estimate of drug-likeness (QED) is 0.679. The SMILES string of the molecule is Cc1nc2c(N3CCCC(C(=O)c4sccc4C)C3)ncnc2o1. The Morgan fingerprint density at radius 2 is 2.25 bits per heavy atom. The number of anilines is 1. The third-order valence-corrected chi connectivity index (χ3v) is 5.49. The fourth-order valence-electron chi connectivity index (χ4n) is 3.27. The van der Waals surface area contributed by atoms with E-state index in [1.807, 2.05) is 18.4 Å². The molecule has 0 aliphatic carbocycles. The van der Waals surface area contributed by atoms with Gasteiger partial charge in [-0.25, -0.2) is 9.97 Å². The van der Waals surface area contributed by atoms with Crippen molar-refractivity contribution >= 4 is 34.2 Å². The maximum Gasteiger partial charge on any atom is 0.252 e. The summed E-state index contributed by atoms with van der Waals surface area (Å²) < 4.78 is 5.49. The molecule has 1 saturated heterocycles. The van der Waals surface area contributed by atoms with E-state index in [4.69, 9.17) is 4.42 Å². The maximum absolute atomic E-state index is 12.8. The van der Waals surface area contributed by atoms with Gasteiger partial charge in [0.15, 0.2) is 23.0 Å². The van der Waals surface area contributed by atoms with Crippen molar-refractivity contribution in [2.24, 2.45) is 5.92 Å². The molecule has 0 radical (unpaired) electrons. The number of hydrogen-bond acceptors (Lipinski definition) is 7. The van der Waals surface area contributed by atoms with Gasteiger partial charge in [0, 0.05) is 25.9 Å². The number of carbonyl (C=O) groups excluding carboxylic acids is 1. The van der Waals surface area contributed by atoms with Crippen LogP contribution in [-0.2, 0) is 0 Å². The normalized spacial score (nSPS) is 18.2. The maximum atomic E-state index is 12.8. The monoisotopic (exact) mass is 342 g/mol. The minimum absolute atomic E-state index is 0.00545. The summed E-state index contributed by atoms with van der Waals surface area (Å²) in [6.07, 6.45) is 3.37. The molecule has 0 spiro atoms. The van der Waals surface area contributed by atoms with Crippen molar-refractivity contribution in [2.75, 3.05) is 18.0 Å². The van der Waals surface area contributed by atoms with Gasteiger partial charge in [-0.3, -0.25) is 4.79 Å². The Labute approximate surface area is 143 Å². The largest absolute Gasteiger partial charge is 0.422 e. The number of thiophene rings is 1. The molecular formula is C17H18N4O2S. The molecular weight excluding hydrogens is 324 g/mol. The molecule has 4 rings (SSSR count). The van der Waals surface area contributed by atoms with Crippen LogP contribution in [0.2, 0.25) is 0 Å². The van der Waals surface area contributed by atoms with Crippen LogP contribution in [0, 0.1) is 19.8 Å². The molecule has 1 unspecified atom stereocenters. The molecule has 124 valence electrons. The number of ketones is 1. The van der Waals surface area contributed by atoms with Crippen molar-refractivity contribution in [1.29, 1.82) is 0 Å². The van der Waals surface area contributed by atoms with Gasteiger partial charge in [-0.15, -0.1) is 11.3 Å². The molecule has 1 aliphatic rings. The molecule has 0 bridgehead atoms. The first-order valence-electron chi connectivity index (χ1n) is 8.05. The lowest BCUT2D eigenvalue weighted by atomic mass is 9.92. The average molecular weight is 342 g/mol. The van der Waals surface area contributed by atoms with Crippen LogP contribution in [0.25, 0.3) is 11.2 Å². The smallest absolute Gasteiger partial charge is 0.252 e. The highest BCUT2D eigenvalue weighted by Crippen LogP contribution is 2.30. The first-order valence-corrected chi connectivity index (χ1v) is 8.93. The van der Waals surface area contributed by atoms with Crippen LogP contribution in [0.1, 0.15) is 34.0 Å². The number of aromatic nitrogens is 3. The summed E-state index contributed by atoms with van der Waals surface area (Å²) >= 11 is 1.53. The number of piperidine rings is 1. The number of fused-ring (bicyclic) bond motifs is 1. The molecule has 7 heteroatoms. The van der Waals surface area contributed by atoms with Crippen molar-refractivity contribution in [3.63, 3.8) is 0 Å². The summed E-state index contributed by atoms with van der Waals surface area (Å²) in [5.74, 6) is 1.57. The first kappa shape index (κ1) is 15.3. The van der Waals surface area contributed by atoms with Gasteiger partial charge in [-0.2, -0.15) is 4.98 Å². The van der Waals surface area contributed by atoms with E-state index in [1.54, 1.807) is 6.92 Å². The Kier molecular flexibility index (Phi) is 3.80. The van der Waals surface area contributed by atoms with E-state index < -0.39 is 0 Å². The number of rotatable bonds is 3. The van der Waals surface area contributed by atoms with E-state index in [2.05, 4.69) is 19.9 Å². The van der Waals surface area contributed by atoms with E-state index >= 15 is 0 Å². The van der Waals surface area contributed by atoms with Gasteiger partial charge >= 0.3 is 0 Å². The van der Waals surface area contributed by atoms with Crippen molar-refractivity contribution in [3.8, 4) is 0 Å². The molecule has 4 heterocycles. The van der Waals surface area contributed by atoms with Crippen molar-refractivity contribution in [1.82, 2.24) is 15.0 Å². The molecule has 3 aromatic heterocycles. The molecule has 0 saturated carbocycles. The second-order valence-electron chi connectivity index (χ2n) is 6.17. The van der Waals surface area contributed by atoms with Crippen LogP contribution in [0.5, 0.6) is 0 Å². The third kappa shape index (κ3) is 2.58. The Morgan fingerprint density at radius 1 is 1.38 bits per heavy atom. The lowest BCUT2D eigenvalue weighted by Gasteiger charge is -2.32. The summed E-state index contributed by atoms with van der Waals surface area (Å²) in [5, 5.41) is 1.98. The number of Topliss-reactive ketones (excluding diaryl/α,β-unsaturated/α-hetero) is 1. The summed E-state index contributed by atoms with van der Waals surface area (Å²) in [6.45, 7) is 5.32. The minimum atomic E-state index is -0.00545. The number of nitrogens with zero attached hydrogens (tertiary/aromatic N) is 4. The molecule has 1 aliphatic heterocycles.